The van der Waals surface area contributed by atoms with E-state index in [4.69, 9.17) is 9.26 Å². The fourth-order valence-corrected chi connectivity index (χ4v) is 3.77. The van der Waals surface area contributed by atoms with E-state index in [0.29, 0.717) is 30.6 Å². The molecule has 31 heavy (non-hydrogen) atoms. The Balaban J connectivity index is 1.30. The molecule has 1 fully saturated rings. The van der Waals surface area contributed by atoms with Gasteiger partial charge in [-0.25, -0.2) is 4.39 Å². The molecule has 0 radical (unpaired) electrons. The molecule has 7 nitrogen and oxygen atoms in total. The quantitative estimate of drug-likeness (QED) is 0.626. The van der Waals surface area contributed by atoms with Crippen molar-refractivity contribution in [3.05, 3.63) is 65.8 Å². The fourth-order valence-electron chi connectivity index (χ4n) is 3.77. The summed E-state index contributed by atoms with van der Waals surface area (Å²) >= 11 is 0. The minimum atomic E-state index is -0.241. The van der Waals surface area contributed by atoms with Crippen LogP contribution in [0.4, 0.5) is 4.39 Å². The Morgan fingerprint density at radius 2 is 2.13 bits per heavy atom. The molecule has 0 spiro atoms. The van der Waals surface area contributed by atoms with E-state index in [1.165, 1.54) is 12.1 Å². The van der Waals surface area contributed by atoms with Gasteiger partial charge in [0, 0.05) is 18.7 Å². The number of halogens is 1. The van der Waals surface area contributed by atoms with E-state index in [2.05, 4.69) is 20.4 Å². The summed E-state index contributed by atoms with van der Waals surface area (Å²) < 4.78 is 23.6. The number of amides is 1. The molecule has 0 bridgehead atoms. The van der Waals surface area contributed by atoms with Crippen molar-refractivity contribution in [1.29, 1.82) is 0 Å². The minimum Gasteiger partial charge on any atom is -0.497 e. The number of carbonyl (C=O) groups excluding carboxylic acids is 1. The predicted octanol–water partition coefficient (Wildman–Crippen LogP) is 3.41. The average molecular weight is 424 g/mol. The highest BCUT2D eigenvalue weighted by atomic mass is 19.1. The summed E-state index contributed by atoms with van der Waals surface area (Å²) in [5, 5.41) is 6.90. The molecular weight excluding hydrogens is 399 g/mol. The van der Waals surface area contributed by atoms with Gasteiger partial charge in [0.05, 0.1) is 19.6 Å². The predicted molar refractivity (Wildman–Crippen MR) is 113 cm³/mol. The van der Waals surface area contributed by atoms with Gasteiger partial charge in [-0.05, 0) is 49.2 Å². The van der Waals surface area contributed by atoms with Crippen LogP contribution in [0.15, 0.2) is 53.1 Å². The second-order valence-electron chi connectivity index (χ2n) is 7.66. The summed E-state index contributed by atoms with van der Waals surface area (Å²) in [4.78, 5) is 19.3. The molecule has 8 heteroatoms. The Morgan fingerprint density at radius 3 is 2.94 bits per heavy atom. The zero-order valence-electron chi connectivity index (χ0n) is 17.4. The van der Waals surface area contributed by atoms with E-state index in [0.717, 1.165) is 30.5 Å². The lowest BCUT2D eigenvalue weighted by atomic mass is 9.96. The first-order chi connectivity index (χ1) is 15.1. The molecule has 1 amide bonds. The highest BCUT2D eigenvalue weighted by Crippen LogP contribution is 2.22. The molecular formula is C23H25FN4O3. The van der Waals surface area contributed by atoms with E-state index in [1.807, 2.05) is 24.3 Å². The molecule has 1 aromatic heterocycles. The highest BCUT2D eigenvalue weighted by Gasteiger charge is 2.26. The molecule has 1 saturated heterocycles. The summed E-state index contributed by atoms with van der Waals surface area (Å²) in [7, 11) is 1.60. The Hall–Kier alpha value is -3.26. The summed E-state index contributed by atoms with van der Waals surface area (Å²) in [5.41, 5.74) is 1.82. The summed E-state index contributed by atoms with van der Waals surface area (Å²) in [5.74, 6) is 1.14. The summed E-state index contributed by atoms with van der Waals surface area (Å²) in [6, 6.07) is 13.9. The third-order valence-electron chi connectivity index (χ3n) is 5.41. The number of piperidine rings is 1. The van der Waals surface area contributed by atoms with Crippen LogP contribution in [0.3, 0.4) is 0 Å². The largest absolute Gasteiger partial charge is 0.497 e. The van der Waals surface area contributed by atoms with Crippen molar-refractivity contribution in [2.45, 2.75) is 25.9 Å². The molecule has 1 atom stereocenters. The number of ether oxygens (including phenoxy) is 1. The zero-order valence-corrected chi connectivity index (χ0v) is 17.4. The zero-order chi connectivity index (χ0) is 21.6. The smallest absolute Gasteiger partial charge is 0.246 e. The van der Waals surface area contributed by atoms with Gasteiger partial charge in [0.25, 0.3) is 0 Å². The third kappa shape index (κ3) is 5.46. The molecule has 1 N–H and O–H groups in total. The number of benzene rings is 2. The van der Waals surface area contributed by atoms with Crippen molar-refractivity contribution in [2.24, 2.45) is 5.92 Å². The molecule has 162 valence electrons. The van der Waals surface area contributed by atoms with Crippen LogP contribution in [0.25, 0.3) is 11.4 Å². The van der Waals surface area contributed by atoms with Crippen LogP contribution in [-0.4, -0.2) is 41.1 Å². The van der Waals surface area contributed by atoms with Crippen LogP contribution in [-0.2, 0) is 17.9 Å². The molecule has 1 aliphatic heterocycles. The number of rotatable bonds is 7. The van der Waals surface area contributed by atoms with Crippen molar-refractivity contribution in [3.8, 4) is 17.1 Å². The van der Waals surface area contributed by atoms with Crippen LogP contribution >= 0.6 is 0 Å². The van der Waals surface area contributed by atoms with Crippen LogP contribution in [0.5, 0.6) is 5.75 Å². The van der Waals surface area contributed by atoms with Crippen molar-refractivity contribution in [3.63, 3.8) is 0 Å². The Labute approximate surface area is 180 Å². The Morgan fingerprint density at radius 1 is 1.29 bits per heavy atom. The number of nitrogens with one attached hydrogen (secondary N) is 1. The van der Waals surface area contributed by atoms with Gasteiger partial charge in [0.15, 0.2) is 0 Å². The monoisotopic (exact) mass is 424 g/mol. The molecule has 0 aliphatic carbocycles. The van der Waals surface area contributed by atoms with Gasteiger partial charge in [-0.3, -0.25) is 9.69 Å². The molecule has 1 aliphatic rings. The lowest BCUT2D eigenvalue weighted by Crippen LogP contribution is -2.42. The average Bonchev–Trinajstić information content (AvgIpc) is 3.28. The number of hydrogen-bond donors (Lipinski definition) is 1. The summed E-state index contributed by atoms with van der Waals surface area (Å²) in [6.07, 6.45) is 1.78. The maximum atomic E-state index is 13.1. The first-order valence-corrected chi connectivity index (χ1v) is 10.3. The molecule has 0 saturated carbocycles. The van der Waals surface area contributed by atoms with Gasteiger partial charge >= 0.3 is 0 Å². The van der Waals surface area contributed by atoms with E-state index >= 15 is 0 Å². The minimum absolute atomic E-state index is 0.0232. The summed E-state index contributed by atoms with van der Waals surface area (Å²) in [6.45, 7) is 2.48. The fraction of sp³-hybridized carbons (Fsp3) is 0.348. The lowest BCUT2D eigenvalue weighted by Gasteiger charge is -2.31. The number of aromatic nitrogens is 2. The molecule has 2 heterocycles. The van der Waals surface area contributed by atoms with Crippen LogP contribution < -0.4 is 10.1 Å². The molecule has 2 aromatic carbocycles. The first kappa shape index (κ1) is 21.0. The SMILES string of the molecule is COc1cccc(-c2noc(CNC(=O)[C@@H]3CCCN(Cc4ccc(F)cc4)C3)n2)c1. The number of hydrogen-bond acceptors (Lipinski definition) is 6. The van der Waals surface area contributed by atoms with Crippen molar-refractivity contribution < 1.29 is 18.4 Å². The van der Waals surface area contributed by atoms with Gasteiger partial charge in [-0.2, -0.15) is 4.98 Å². The molecule has 3 aromatic rings. The van der Waals surface area contributed by atoms with Gasteiger partial charge in [0.2, 0.25) is 17.6 Å². The van der Waals surface area contributed by atoms with Crippen LogP contribution in [0.1, 0.15) is 24.3 Å². The second kappa shape index (κ2) is 9.70. The topological polar surface area (TPSA) is 80.5 Å². The normalized spacial score (nSPS) is 16.8. The molecule has 0 unspecified atom stereocenters. The van der Waals surface area contributed by atoms with Gasteiger partial charge in [-0.1, -0.05) is 29.4 Å². The number of carbonyl (C=O) groups is 1. The Kier molecular flexibility index (Phi) is 6.57. The maximum absolute atomic E-state index is 13.1. The van der Waals surface area contributed by atoms with E-state index < -0.39 is 0 Å². The first-order valence-electron chi connectivity index (χ1n) is 10.3. The number of nitrogens with zero attached hydrogens (tertiary/aromatic N) is 3. The second-order valence-corrected chi connectivity index (χ2v) is 7.66. The lowest BCUT2D eigenvalue weighted by molar-refractivity contribution is -0.127. The third-order valence-corrected chi connectivity index (χ3v) is 5.41. The van der Waals surface area contributed by atoms with Crippen LogP contribution in [0, 0.1) is 11.7 Å². The number of methoxy groups -OCH3 is 1. The van der Waals surface area contributed by atoms with Gasteiger partial charge in [0.1, 0.15) is 11.6 Å². The van der Waals surface area contributed by atoms with E-state index in [-0.39, 0.29) is 24.2 Å². The van der Waals surface area contributed by atoms with E-state index in [1.54, 1.807) is 19.2 Å². The number of likely N-dealkylation sites (tertiary alicyclic amines) is 1. The standard InChI is InChI=1S/C23H25FN4O3/c1-30-20-6-2-4-17(12-20)22-26-21(31-27-22)13-25-23(29)18-5-3-11-28(15-18)14-16-7-9-19(24)10-8-16/h2,4,6-10,12,18H,3,5,11,13-15H2,1H3,(H,25,29)/t18-/m1/s1. The Bertz CT molecular complexity index is 1020. The molecule has 4 rings (SSSR count). The van der Waals surface area contributed by atoms with Gasteiger partial charge < -0.3 is 14.6 Å². The highest BCUT2D eigenvalue weighted by molar-refractivity contribution is 5.78. The van der Waals surface area contributed by atoms with Crippen molar-refractivity contribution in [2.75, 3.05) is 20.2 Å². The van der Waals surface area contributed by atoms with Crippen LogP contribution in [0.2, 0.25) is 0 Å². The van der Waals surface area contributed by atoms with Crippen molar-refractivity contribution >= 4 is 5.91 Å². The van der Waals surface area contributed by atoms with Crippen molar-refractivity contribution in [1.82, 2.24) is 20.4 Å². The van der Waals surface area contributed by atoms with E-state index in [9.17, 15) is 9.18 Å². The maximum Gasteiger partial charge on any atom is 0.246 e. The van der Waals surface area contributed by atoms with Gasteiger partial charge in [-0.15, -0.1) is 0 Å².